The van der Waals surface area contributed by atoms with Crippen LogP contribution in [-0.4, -0.2) is 49.6 Å². The Labute approximate surface area is 191 Å². The number of rotatable bonds is 8. The lowest BCUT2D eigenvalue weighted by Gasteiger charge is -2.22. The van der Waals surface area contributed by atoms with Gasteiger partial charge in [0.05, 0.1) is 11.7 Å². The lowest BCUT2D eigenvalue weighted by molar-refractivity contribution is -0.134. The highest BCUT2D eigenvalue weighted by atomic mass is 16.2. The molecule has 9 nitrogen and oxygen atoms in total. The minimum atomic E-state index is -1.03. The van der Waals surface area contributed by atoms with Crippen molar-refractivity contribution in [3.8, 4) is 5.69 Å². The van der Waals surface area contributed by atoms with Gasteiger partial charge in [0.2, 0.25) is 5.91 Å². The van der Waals surface area contributed by atoms with E-state index in [1.165, 1.54) is 6.33 Å². The van der Waals surface area contributed by atoms with Gasteiger partial charge in [-0.1, -0.05) is 42.5 Å². The van der Waals surface area contributed by atoms with Gasteiger partial charge in [-0.15, -0.1) is 0 Å². The molecule has 2 atom stereocenters. The molecular formula is C24H26N6O3. The van der Waals surface area contributed by atoms with E-state index in [-0.39, 0.29) is 18.5 Å². The van der Waals surface area contributed by atoms with Crippen molar-refractivity contribution in [2.75, 3.05) is 6.54 Å². The average molecular weight is 447 g/mol. The number of imide groups is 1. The van der Waals surface area contributed by atoms with Crippen molar-refractivity contribution in [2.45, 2.75) is 38.3 Å². The Hall–Kier alpha value is -4.01. The van der Waals surface area contributed by atoms with E-state index in [1.54, 1.807) is 17.9 Å². The number of hydrogen-bond donors (Lipinski definition) is 2. The van der Waals surface area contributed by atoms with E-state index in [0.29, 0.717) is 12.8 Å². The second-order valence-corrected chi connectivity index (χ2v) is 8.36. The Morgan fingerprint density at radius 2 is 1.85 bits per heavy atom. The third-order valence-electron chi connectivity index (χ3n) is 5.86. The van der Waals surface area contributed by atoms with Crippen LogP contribution in [0.15, 0.2) is 67.3 Å². The van der Waals surface area contributed by atoms with Crippen molar-refractivity contribution in [2.24, 2.45) is 0 Å². The molecule has 2 aromatic carbocycles. The van der Waals surface area contributed by atoms with Gasteiger partial charge in [0.15, 0.2) is 0 Å². The SMILES string of the molecule is C[C@H](NC(=O)CN1C(=O)N[C@@](C)(CCc2ccccc2)C1=O)c1ccc(-n2cncn2)cc1. The lowest BCUT2D eigenvalue weighted by atomic mass is 9.93. The molecule has 1 aliphatic heterocycles. The van der Waals surface area contributed by atoms with Crippen LogP contribution < -0.4 is 10.6 Å². The summed E-state index contributed by atoms with van der Waals surface area (Å²) >= 11 is 0. The van der Waals surface area contributed by atoms with Gasteiger partial charge >= 0.3 is 6.03 Å². The van der Waals surface area contributed by atoms with Gasteiger partial charge < -0.3 is 10.6 Å². The van der Waals surface area contributed by atoms with Crippen molar-refractivity contribution in [3.63, 3.8) is 0 Å². The highest BCUT2D eigenvalue weighted by Gasteiger charge is 2.47. The van der Waals surface area contributed by atoms with Gasteiger partial charge in [-0.25, -0.2) is 14.5 Å². The second-order valence-electron chi connectivity index (χ2n) is 8.36. The van der Waals surface area contributed by atoms with Gasteiger partial charge in [0, 0.05) is 0 Å². The van der Waals surface area contributed by atoms with Crippen molar-refractivity contribution < 1.29 is 14.4 Å². The fraction of sp³-hybridized carbons (Fsp3) is 0.292. The molecule has 0 unspecified atom stereocenters. The first-order chi connectivity index (χ1) is 15.9. The molecule has 4 amide bonds. The first kappa shape index (κ1) is 22.2. The summed E-state index contributed by atoms with van der Waals surface area (Å²) in [5.41, 5.74) is 1.79. The molecular weight excluding hydrogens is 420 g/mol. The molecule has 0 spiro atoms. The Balaban J connectivity index is 1.33. The van der Waals surface area contributed by atoms with E-state index >= 15 is 0 Å². The van der Waals surface area contributed by atoms with Crippen LogP contribution in [0.3, 0.4) is 0 Å². The first-order valence-electron chi connectivity index (χ1n) is 10.8. The minimum Gasteiger partial charge on any atom is -0.348 e. The van der Waals surface area contributed by atoms with E-state index in [4.69, 9.17) is 0 Å². The number of amides is 4. The molecule has 4 rings (SSSR count). The molecule has 2 N–H and O–H groups in total. The highest BCUT2D eigenvalue weighted by molar-refractivity contribution is 6.08. The van der Waals surface area contributed by atoms with Crippen LogP contribution >= 0.6 is 0 Å². The molecule has 1 saturated heterocycles. The Morgan fingerprint density at radius 3 is 2.52 bits per heavy atom. The number of aromatic nitrogens is 3. The molecule has 9 heteroatoms. The normalized spacial score (nSPS) is 18.8. The van der Waals surface area contributed by atoms with Crippen molar-refractivity contribution in [1.82, 2.24) is 30.3 Å². The molecule has 1 aliphatic rings. The van der Waals surface area contributed by atoms with Crippen LogP contribution in [0.1, 0.15) is 37.4 Å². The van der Waals surface area contributed by atoms with E-state index in [0.717, 1.165) is 21.7 Å². The number of carbonyl (C=O) groups is 3. The van der Waals surface area contributed by atoms with Crippen molar-refractivity contribution >= 4 is 17.8 Å². The third kappa shape index (κ3) is 4.92. The summed E-state index contributed by atoms with van der Waals surface area (Å²) in [4.78, 5) is 42.9. The standard InChI is InChI=1S/C24H26N6O3/c1-17(19-8-10-20(11-9-19)30-16-25-15-26-30)27-21(31)14-29-22(32)24(2,28-23(29)33)13-12-18-6-4-3-5-7-18/h3-11,15-17H,12-14H2,1-2H3,(H,27,31)(H,28,33)/t17-,24-/m0/s1. The molecule has 1 aromatic heterocycles. The van der Waals surface area contributed by atoms with Gasteiger partial charge in [0.1, 0.15) is 24.7 Å². The van der Waals surface area contributed by atoms with Crippen LogP contribution in [0.4, 0.5) is 4.79 Å². The number of nitrogens with one attached hydrogen (secondary N) is 2. The monoisotopic (exact) mass is 446 g/mol. The number of aryl methyl sites for hydroxylation is 1. The van der Waals surface area contributed by atoms with Crippen LogP contribution in [0, 0.1) is 0 Å². The molecule has 3 aromatic rings. The molecule has 0 saturated carbocycles. The molecule has 1 fully saturated rings. The summed E-state index contributed by atoms with van der Waals surface area (Å²) in [5.74, 6) is -0.790. The predicted octanol–water partition coefficient (Wildman–Crippen LogP) is 2.39. The zero-order valence-corrected chi connectivity index (χ0v) is 18.6. The number of carbonyl (C=O) groups excluding carboxylic acids is 3. The number of hydrogen-bond acceptors (Lipinski definition) is 5. The maximum atomic E-state index is 12.9. The molecule has 0 aliphatic carbocycles. The summed E-state index contributed by atoms with van der Waals surface area (Å²) in [7, 11) is 0. The summed E-state index contributed by atoms with van der Waals surface area (Å²) < 4.78 is 1.64. The van der Waals surface area contributed by atoms with Gasteiger partial charge in [-0.2, -0.15) is 5.10 Å². The van der Waals surface area contributed by atoms with E-state index in [1.807, 2.05) is 61.5 Å². The number of nitrogens with zero attached hydrogens (tertiary/aromatic N) is 4. The molecule has 0 radical (unpaired) electrons. The van der Waals surface area contributed by atoms with Crippen LogP contribution in [0.5, 0.6) is 0 Å². The maximum absolute atomic E-state index is 12.9. The van der Waals surface area contributed by atoms with Crippen LogP contribution in [-0.2, 0) is 16.0 Å². The van der Waals surface area contributed by atoms with Crippen LogP contribution in [0.25, 0.3) is 5.69 Å². The predicted molar refractivity (Wildman–Crippen MR) is 121 cm³/mol. The molecule has 0 bridgehead atoms. The van der Waals surface area contributed by atoms with Gasteiger partial charge in [-0.05, 0) is 49.9 Å². The van der Waals surface area contributed by atoms with Crippen molar-refractivity contribution in [3.05, 3.63) is 78.4 Å². The van der Waals surface area contributed by atoms with Crippen molar-refractivity contribution in [1.29, 1.82) is 0 Å². The van der Waals surface area contributed by atoms with E-state index < -0.39 is 17.5 Å². The minimum absolute atomic E-state index is 0.299. The summed E-state index contributed by atoms with van der Waals surface area (Å²) in [6.07, 6.45) is 4.16. The third-order valence-corrected chi connectivity index (χ3v) is 5.86. The molecule has 2 heterocycles. The molecule has 170 valence electrons. The maximum Gasteiger partial charge on any atom is 0.325 e. The number of benzene rings is 2. The van der Waals surface area contributed by atoms with Gasteiger partial charge in [0.25, 0.3) is 5.91 Å². The zero-order valence-electron chi connectivity index (χ0n) is 18.6. The molecule has 33 heavy (non-hydrogen) atoms. The Bertz CT molecular complexity index is 1130. The Kier molecular flexibility index (Phi) is 6.21. The summed E-state index contributed by atoms with van der Waals surface area (Å²) in [5, 5.41) is 9.69. The lowest BCUT2D eigenvalue weighted by Crippen LogP contribution is -2.45. The second kappa shape index (κ2) is 9.23. The smallest absolute Gasteiger partial charge is 0.325 e. The topological polar surface area (TPSA) is 109 Å². The quantitative estimate of drug-likeness (QED) is 0.517. The van der Waals surface area contributed by atoms with Gasteiger partial charge in [-0.3, -0.25) is 14.5 Å². The fourth-order valence-corrected chi connectivity index (χ4v) is 3.87. The summed E-state index contributed by atoms with van der Waals surface area (Å²) in [6.45, 7) is 3.22. The highest BCUT2D eigenvalue weighted by Crippen LogP contribution is 2.23. The van der Waals surface area contributed by atoms with Crippen LogP contribution in [0.2, 0.25) is 0 Å². The van der Waals surface area contributed by atoms with E-state index in [2.05, 4.69) is 20.7 Å². The average Bonchev–Trinajstić information content (AvgIpc) is 3.42. The van der Waals surface area contributed by atoms with E-state index in [9.17, 15) is 14.4 Å². The fourth-order valence-electron chi connectivity index (χ4n) is 3.87. The first-order valence-corrected chi connectivity index (χ1v) is 10.8. The number of urea groups is 1. The zero-order chi connectivity index (χ0) is 23.4. The Morgan fingerprint density at radius 1 is 1.12 bits per heavy atom. The summed E-state index contributed by atoms with van der Waals surface area (Å²) in [6, 6.07) is 16.4. The largest absolute Gasteiger partial charge is 0.348 e.